The van der Waals surface area contributed by atoms with Gasteiger partial charge in [0.1, 0.15) is 0 Å². The third kappa shape index (κ3) is 4.22. The molecule has 0 spiro atoms. The van der Waals surface area contributed by atoms with Gasteiger partial charge < -0.3 is 15.0 Å². The molecule has 34 heavy (non-hydrogen) atoms. The minimum absolute atomic E-state index is 0.133. The van der Waals surface area contributed by atoms with Gasteiger partial charge in [0, 0.05) is 54.7 Å². The summed E-state index contributed by atoms with van der Waals surface area (Å²) in [5.41, 5.74) is 6.35. The van der Waals surface area contributed by atoms with E-state index >= 15 is 0 Å². The first kappa shape index (κ1) is 22.0. The quantitative estimate of drug-likeness (QED) is 0.488. The summed E-state index contributed by atoms with van der Waals surface area (Å²) < 4.78 is 7.33. The number of nitrogens with zero attached hydrogens (tertiary/aromatic N) is 6. The number of anilines is 2. The topological polar surface area (TPSA) is 97.5 Å². The van der Waals surface area contributed by atoms with E-state index in [0.29, 0.717) is 24.5 Å². The summed E-state index contributed by atoms with van der Waals surface area (Å²) >= 11 is 0. The maximum Gasteiger partial charge on any atom is 0.255 e. The number of aromatic nitrogens is 5. The van der Waals surface area contributed by atoms with Crippen LogP contribution in [0.5, 0.6) is 0 Å². The molecule has 1 N–H and O–H groups in total. The third-order valence-corrected chi connectivity index (χ3v) is 5.95. The van der Waals surface area contributed by atoms with Crippen LogP contribution in [0, 0.1) is 6.92 Å². The highest BCUT2D eigenvalue weighted by Gasteiger charge is 2.21. The Kier molecular flexibility index (Phi) is 5.93. The molecule has 9 nitrogen and oxygen atoms in total. The zero-order valence-corrected chi connectivity index (χ0v) is 19.5. The molecule has 0 radical (unpaired) electrons. The van der Waals surface area contributed by atoms with Crippen LogP contribution in [0.2, 0.25) is 0 Å². The van der Waals surface area contributed by atoms with E-state index in [0.717, 1.165) is 47.1 Å². The van der Waals surface area contributed by atoms with E-state index in [4.69, 9.17) is 14.8 Å². The van der Waals surface area contributed by atoms with Gasteiger partial charge in [0.15, 0.2) is 5.65 Å². The predicted octanol–water partition coefficient (Wildman–Crippen LogP) is 3.71. The zero-order chi connectivity index (χ0) is 23.7. The average Bonchev–Trinajstić information content (AvgIpc) is 3.34. The molecule has 1 aliphatic heterocycles. The normalized spacial score (nSPS) is 14.1. The van der Waals surface area contributed by atoms with Gasteiger partial charge in [-0.3, -0.25) is 14.8 Å². The van der Waals surface area contributed by atoms with Crippen molar-refractivity contribution in [1.82, 2.24) is 24.6 Å². The van der Waals surface area contributed by atoms with Crippen LogP contribution in [0.15, 0.2) is 49.1 Å². The first-order chi connectivity index (χ1) is 16.5. The van der Waals surface area contributed by atoms with Crippen LogP contribution in [0.1, 0.15) is 41.5 Å². The number of nitrogens with one attached hydrogen (secondary N) is 1. The Morgan fingerprint density at radius 3 is 2.62 bits per heavy atom. The molecule has 1 aliphatic rings. The van der Waals surface area contributed by atoms with Crippen molar-refractivity contribution in [2.75, 3.05) is 36.5 Å². The highest BCUT2D eigenvalue weighted by Crippen LogP contribution is 2.33. The molecule has 0 bridgehead atoms. The highest BCUT2D eigenvalue weighted by molar-refractivity contribution is 6.04. The number of aryl methyl sites for hydroxylation is 1. The number of fused-ring (bicyclic) bond motifs is 1. The Balaban J connectivity index is 1.60. The first-order valence-corrected chi connectivity index (χ1v) is 11.4. The lowest BCUT2D eigenvalue weighted by atomic mass is 10.0. The molecular weight excluding hydrogens is 430 g/mol. The van der Waals surface area contributed by atoms with Gasteiger partial charge >= 0.3 is 0 Å². The Labute approximate surface area is 197 Å². The summed E-state index contributed by atoms with van der Waals surface area (Å²) in [5, 5.41) is 7.86. The molecule has 0 aromatic carbocycles. The number of ether oxygens (including phenoxy) is 1. The van der Waals surface area contributed by atoms with Crippen LogP contribution >= 0.6 is 0 Å². The van der Waals surface area contributed by atoms with Gasteiger partial charge in [-0.15, -0.1) is 0 Å². The van der Waals surface area contributed by atoms with Crippen molar-refractivity contribution in [2.45, 2.75) is 26.7 Å². The molecule has 1 saturated heterocycles. The molecule has 1 amide bonds. The highest BCUT2D eigenvalue weighted by atomic mass is 16.5. The smallest absolute Gasteiger partial charge is 0.255 e. The minimum atomic E-state index is -0.201. The van der Waals surface area contributed by atoms with Crippen molar-refractivity contribution in [3.8, 4) is 11.3 Å². The molecule has 4 aromatic rings. The number of pyridine rings is 2. The predicted molar refractivity (Wildman–Crippen MR) is 130 cm³/mol. The molecule has 0 unspecified atom stereocenters. The number of morpholine rings is 1. The van der Waals surface area contributed by atoms with Gasteiger partial charge in [0.05, 0.1) is 36.0 Å². The molecule has 4 aromatic heterocycles. The van der Waals surface area contributed by atoms with Crippen LogP contribution in [-0.2, 0) is 4.74 Å². The van der Waals surface area contributed by atoms with Gasteiger partial charge in [0.2, 0.25) is 0 Å². The van der Waals surface area contributed by atoms with E-state index in [1.54, 1.807) is 35.2 Å². The Bertz CT molecular complexity index is 1330. The fraction of sp³-hybridized carbons (Fsp3) is 0.320. The maximum atomic E-state index is 12.9. The van der Waals surface area contributed by atoms with Gasteiger partial charge in [-0.2, -0.15) is 5.10 Å². The Hall–Kier alpha value is -3.85. The van der Waals surface area contributed by atoms with Gasteiger partial charge in [-0.1, -0.05) is 13.8 Å². The largest absolute Gasteiger partial charge is 0.378 e. The van der Waals surface area contributed by atoms with Crippen molar-refractivity contribution < 1.29 is 9.53 Å². The summed E-state index contributed by atoms with van der Waals surface area (Å²) in [7, 11) is 0. The fourth-order valence-electron chi connectivity index (χ4n) is 4.19. The molecule has 0 saturated carbocycles. The lowest BCUT2D eigenvalue weighted by Crippen LogP contribution is -2.36. The number of carbonyl (C=O) groups excluding carboxylic acids is 1. The van der Waals surface area contributed by atoms with E-state index < -0.39 is 0 Å². The van der Waals surface area contributed by atoms with Gasteiger partial charge in [0.25, 0.3) is 5.91 Å². The average molecular weight is 458 g/mol. The lowest BCUT2D eigenvalue weighted by molar-refractivity contribution is 0.102. The monoisotopic (exact) mass is 457 g/mol. The van der Waals surface area contributed by atoms with Crippen LogP contribution in [0.3, 0.4) is 0 Å². The molecule has 5 rings (SSSR count). The van der Waals surface area contributed by atoms with Crippen LogP contribution < -0.4 is 10.2 Å². The van der Waals surface area contributed by atoms with Crippen LogP contribution in [-0.4, -0.2) is 56.8 Å². The number of hydrogen-bond donors (Lipinski definition) is 1. The van der Waals surface area contributed by atoms with Crippen LogP contribution in [0.25, 0.3) is 16.9 Å². The van der Waals surface area contributed by atoms with Crippen molar-refractivity contribution in [3.05, 3.63) is 66.0 Å². The summed E-state index contributed by atoms with van der Waals surface area (Å²) in [6.45, 7) is 9.06. The number of imidazole rings is 1. The van der Waals surface area contributed by atoms with Crippen molar-refractivity contribution >= 4 is 22.9 Å². The summed E-state index contributed by atoms with van der Waals surface area (Å²) in [4.78, 5) is 28.6. The van der Waals surface area contributed by atoms with E-state index in [-0.39, 0.29) is 11.8 Å². The second-order valence-corrected chi connectivity index (χ2v) is 8.61. The number of rotatable bonds is 5. The summed E-state index contributed by atoms with van der Waals surface area (Å²) in [6, 6.07) is 7.41. The van der Waals surface area contributed by atoms with Crippen molar-refractivity contribution in [2.24, 2.45) is 0 Å². The zero-order valence-electron chi connectivity index (χ0n) is 19.5. The molecule has 0 aliphatic carbocycles. The second kappa shape index (κ2) is 9.18. The fourth-order valence-corrected chi connectivity index (χ4v) is 4.19. The maximum absolute atomic E-state index is 12.9. The molecule has 9 heteroatoms. The summed E-state index contributed by atoms with van der Waals surface area (Å²) in [5.74, 6) is -0.0681. The SMILES string of the molecule is Cc1nc(C(C)C)c(NC(=O)c2ccncc2)cc1-c1cc(N2CCOCC2)c2nccn2n1. The van der Waals surface area contributed by atoms with E-state index in [2.05, 4.69) is 40.1 Å². The van der Waals surface area contributed by atoms with E-state index in [1.807, 2.05) is 19.2 Å². The first-order valence-electron chi connectivity index (χ1n) is 11.4. The van der Waals surface area contributed by atoms with Gasteiger partial charge in [-0.25, -0.2) is 9.50 Å². The molecule has 174 valence electrons. The second-order valence-electron chi connectivity index (χ2n) is 8.61. The number of amides is 1. The number of hydrogen-bond acceptors (Lipinski definition) is 7. The molecular formula is C25H27N7O2. The Morgan fingerprint density at radius 2 is 1.88 bits per heavy atom. The molecule has 1 fully saturated rings. The summed E-state index contributed by atoms with van der Waals surface area (Å²) in [6.07, 6.45) is 6.81. The molecule has 5 heterocycles. The standard InChI is InChI=1S/C25H27N7O2/c1-16(2)23-21(29-25(33)18-4-6-26-7-5-18)14-19(17(3)28-23)20-15-22(31-10-12-34-13-11-31)24-27-8-9-32(24)30-20/h4-9,14-16H,10-13H2,1-3H3,(H,29,33). The van der Waals surface area contributed by atoms with Crippen molar-refractivity contribution in [3.63, 3.8) is 0 Å². The van der Waals surface area contributed by atoms with Crippen LogP contribution in [0.4, 0.5) is 11.4 Å². The van der Waals surface area contributed by atoms with Gasteiger partial charge in [-0.05, 0) is 37.1 Å². The lowest BCUT2D eigenvalue weighted by Gasteiger charge is -2.29. The minimum Gasteiger partial charge on any atom is -0.378 e. The number of carbonyl (C=O) groups is 1. The van der Waals surface area contributed by atoms with E-state index in [1.165, 1.54) is 0 Å². The van der Waals surface area contributed by atoms with E-state index in [9.17, 15) is 4.79 Å². The Morgan fingerprint density at radius 1 is 1.12 bits per heavy atom. The third-order valence-electron chi connectivity index (χ3n) is 5.95. The molecule has 0 atom stereocenters. The van der Waals surface area contributed by atoms with Crippen molar-refractivity contribution in [1.29, 1.82) is 0 Å².